The van der Waals surface area contributed by atoms with Crippen molar-refractivity contribution in [3.8, 4) is 0 Å². The molecule has 1 saturated heterocycles. The topological polar surface area (TPSA) is 87.1 Å². The minimum atomic E-state index is -1.84. The molecule has 6 heteroatoms. The van der Waals surface area contributed by atoms with Gasteiger partial charge in [-0.3, -0.25) is 0 Å². The number of aliphatic carboxylic acids is 1. The Bertz CT molecular complexity index is 309. The molecule has 0 saturated carbocycles. The Morgan fingerprint density at radius 1 is 1.38 bits per heavy atom. The van der Waals surface area contributed by atoms with Gasteiger partial charge in [0, 0.05) is 13.0 Å². The summed E-state index contributed by atoms with van der Waals surface area (Å²) in [5.41, 5.74) is -2.46. The van der Waals surface area contributed by atoms with E-state index in [-0.39, 0.29) is 19.5 Å². The first-order chi connectivity index (χ1) is 7.14. The van der Waals surface area contributed by atoms with E-state index in [1.807, 2.05) is 0 Å². The largest absolute Gasteiger partial charge is 0.479 e. The van der Waals surface area contributed by atoms with Crippen LogP contribution in [0.4, 0.5) is 4.79 Å². The Morgan fingerprint density at radius 2 is 1.94 bits per heavy atom. The third-order valence-corrected chi connectivity index (χ3v) is 2.30. The molecule has 2 N–H and O–H groups in total. The van der Waals surface area contributed by atoms with E-state index in [1.54, 1.807) is 20.8 Å². The quantitative estimate of drug-likeness (QED) is 0.684. The number of rotatable bonds is 1. The molecular formula is C10H17NO5. The molecule has 0 radical (unpaired) electrons. The first-order valence-corrected chi connectivity index (χ1v) is 5.08. The zero-order valence-electron chi connectivity index (χ0n) is 9.69. The van der Waals surface area contributed by atoms with Gasteiger partial charge in [-0.1, -0.05) is 0 Å². The third kappa shape index (κ3) is 2.85. The molecule has 1 amide bonds. The van der Waals surface area contributed by atoms with Gasteiger partial charge in [-0.15, -0.1) is 0 Å². The van der Waals surface area contributed by atoms with Gasteiger partial charge in [0.05, 0.1) is 6.54 Å². The molecule has 0 bridgehead atoms. The van der Waals surface area contributed by atoms with Crippen LogP contribution in [-0.2, 0) is 9.53 Å². The number of carboxylic acids is 1. The molecule has 0 aromatic carbocycles. The van der Waals surface area contributed by atoms with Gasteiger partial charge >= 0.3 is 12.1 Å². The van der Waals surface area contributed by atoms with E-state index in [9.17, 15) is 14.7 Å². The second-order valence-electron chi connectivity index (χ2n) is 4.99. The SMILES string of the molecule is CC(C)(C)OC(=O)N1CC[C@](O)(C(=O)O)C1. The number of likely N-dealkylation sites (tertiary alicyclic amines) is 1. The number of amides is 1. The second-order valence-corrected chi connectivity index (χ2v) is 4.99. The smallest absolute Gasteiger partial charge is 0.410 e. The van der Waals surface area contributed by atoms with Crippen LogP contribution in [0.3, 0.4) is 0 Å². The summed E-state index contributed by atoms with van der Waals surface area (Å²) in [5, 5.41) is 18.4. The number of ether oxygens (including phenoxy) is 1. The molecule has 16 heavy (non-hydrogen) atoms. The highest BCUT2D eigenvalue weighted by Gasteiger charge is 2.45. The second kappa shape index (κ2) is 3.93. The van der Waals surface area contributed by atoms with Crippen molar-refractivity contribution in [3.63, 3.8) is 0 Å². The fraction of sp³-hybridized carbons (Fsp3) is 0.800. The van der Waals surface area contributed by atoms with Crippen LogP contribution in [0.1, 0.15) is 27.2 Å². The average Bonchev–Trinajstić information content (AvgIpc) is 2.46. The summed E-state index contributed by atoms with van der Waals surface area (Å²) >= 11 is 0. The van der Waals surface area contributed by atoms with Gasteiger partial charge in [0.1, 0.15) is 5.60 Å². The van der Waals surface area contributed by atoms with Crippen molar-refractivity contribution < 1.29 is 24.5 Å². The van der Waals surface area contributed by atoms with Crippen LogP contribution >= 0.6 is 0 Å². The molecule has 0 unspecified atom stereocenters. The van der Waals surface area contributed by atoms with Crippen molar-refractivity contribution >= 4 is 12.1 Å². The molecule has 1 fully saturated rings. The Labute approximate surface area is 93.8 Å². The Morgan fingerprint density at radius 3 is 2.31 bits per heavy atom. The van der Waals surface area contributed by atoms with Gasteiger partial charge in [-0.05, 0) is 20.8 Å². The molecule has 0 aromatic rings. The van der Waals surface area contributed by atoms with Crippen LogP contribution in [0.15, 0.2) is 0 Å². The van der Waals surface area contributed by atoms with E-state index in [0.29, 0.717) is 0 Å². The zero-order valence-corrected chi connectivity index (χ0v) is 9.69. The van der Waals surface area contributed by atoms with Crippen LogP contribution < -0.4 is 0 Å². The normalized spacial score (nSPS) is 25.6. The molecule has 92 valence electrons. The summed E-state index contributed by atoms with van der Waals surface area (Å²) in [7, 11) is 0. The minimum absolute atomic E-state index is 0.0293. The molecule has 1 aliphatic rings. The average molecular weight is 231 g/mol. The summed E-state index contributed by atoms with van der Waals surface area (Å²) in [4.78, 5) is 23.5. The van der Waals surface area contributed by atoms with Gasteiger partial charge in [0.2, 0.25) is 0 Å². The lowest BCUT2D eigenvalue weighted by atomic mass is 10.0. The number of β-amino-alcohol motifs (C(OH)–C–C–N with tert-alkyl or cyclic N) is 1. The first-order valence-electron chi connectivity index (χ1n) is 5.08. The fourth-order valence-electron chi connectivity index (χ4n) is 1.45. The summed E-state index contributed by atoms with van der Waals surface area (Å²) in [6.45, 7) is 5.15. The summed E-state index contributed by atoms with van der Waals surface area (Å²) in [6.07, 6.45) is -0.564. The fourth-order valence-corrected chi connectivity index (χ4v) is 1.45. The highest BCUT2D eigenvalue weighted by molar-refractivity contribution is 5.80. The molecule has 0 spiro atoms. The van der Waals surface area contributed by atoms with E-state index in [2.05, 4.69) is 0 Å². The molecule has 1 atom stereocenters. The van der Waals surface area contributed by atoms with Gasteiger partial charge in [0.15, 0.2) is 5.60 Å². The van der Waals surface area contributed by atoms with Crippen molar-refractivity contribution in [2.75, 3.05) is 13.1 Å². The molecule has 6 nitrogen and oxygen atoms in total. The maximum absolute atomic E-state index is 11.6. The lowest BCUT2D eigenvalue weighted by Crippen LogP contribution is -2.43. The van der Waals surface area contributed by atoms with Crippen LogP contribution in [0, 0.1) is 0 Å². The number of aliphatic hydroxyl groups is 1. The number of nitrogens with zero attached hydrogens (tertiary/aromatic N) is 1. The van der Waals surface area contributed by atoms with E-state index in [1.165, 1.54) is 4.90 Å². The number of hydrogen-bond acceptors (Lipinski definition) is 4. The number of carboxylic acid groups (broad SMARTS) is 1. The zero-order chi connectivity index (χ0) is 12.6. The van der Waals surface area contributed by atoms with Crippen LogP contribution in [-0.4, -0.2) is 51.5 Å². The Balaban J connectivity index is 2.60. The van der Waals surface area contributed by atoms with Gasteiger partial charge in [0.25, 0.3) is 0 Å². The summed E-state index contributed by atoms with van der Waals surface area (Å²) in [5.74, 6) is -1.31. The Hall–Kier alpha value is -1.30. The summed E-state index contributed by atoms with van der Waals surface area (Å²) in [6, 6.07) is 0. The lowest BCUT2D eigenvalue weighted by molar-refractivity contribution is -0.156. The van der Waals surface area contributed by atoms with Crippen LogP contribution in [0.25, 0.3) is 0 Å². The van der Waals surface area contributed by atoms with Crippen molar-refractivity contribution in [1.82, 2.24) is 4.90 Å². The molecule has 1 aliphatic heterocycles. The number of carbonyl (C=O) groups is 2. The lowest BCUT2D eigenvalue weighted by Gasteiger charge is -2.25. The van der Waals surface area contributed by atoms with Crippen molar-refractivity contribution in [2.24, 2.45) is 0 Å². The van der Waals surface area contributed by atoms with Crippen LogP contribution in [0.5, 0.6) is 0 Å². The predicted octanol–water partition coefficient (Wildman–Crippen LogP) is 0.443. The molecule has 1 heterocycles. The third-order valence-electron chi connectivity index (χ3n) is 2.30. The van der Waals surface area contributed by atoms with Crippen LogP contribution in [0.2, 0.25) is 0 Å². The molecule has 1 rings (SSSR count). The minimum Gasteiger partial charge on any atom is -0.479 e. The van der Waals surface area contributed by atoms with E-state index < -0.39 is 23.3 Å². The van der Waals surface area contributed by atoms with Gasteiger partial charge in [-0.2, -0.15) is 0 Å². The van der Waals surface area contributed by atoms with Crippen molar-refractivity contribution in [3.05, 3.63) is 0 Å². The maximum Gasteiger partial charge on any atom is 0.410 e. The maximum atomic E-state index is 11.6. The highest BCUT2D eigenvalue weighted by atomic mass is 16.6. The standard InChI is InChI=1S/C10H17NO5/c1-9(2,3)16-8(14)11-5-4-10(15,6-11)7(12)13/h15H,4-6H2,1-3H3,(H,12,13)/t10-/m1/s1. The molecule has 0 aromatic heterocycles. The number of carbonyl (C=O) groups excluding carboxylic acids is 1. The monoisotopic (exact) mass is 231 g/mol. The van der Waals surface area contributed by atoms with E-state index in [0.717, 1.165) is 0 Å². The summed E-state index contributed by atoms with van der Waals surface area (Å²) < 4.78 is 5.08. The van der Waals surface area contributed by atoms with E-state index in [4.69, 9.17) is 9.84 Å². The predicted molar refractivity (Wildman–Crippen MR) is 55.0 cm³/mol. The van der Waals surface area contributed by atoms with Gasteiger partial charge in [-0.25, -0.2) is 9.59 Å². The van der Waals surface area contributed by atoms with Crippen molar-refractivity contribution in [2.45, 2.75) is 38.4 Å². The first kappa shape index (κ1) is 12.8. The highest BCUT2D eigenvalue weighted by Crippen LogP contribution is 2.23. The van der Waals surface area contributed by atoms with Gasteiger partial charge < -0.3 is 19.8 Å². The molecular weight excluding hydrogens is 214 g/mol. The number of hydrogen-bond donors (Lipinski definition) is 2. The van der Waals surface area contributed by atoms with E-state index >= 15 is 0 Å². The molecule has 0 aliphatic carbocycles. The van der Waals surface area contributed by atoms with Crippen molar-refractivity contribution in [1.29, 1.82) is 0 Å². The Kier molecular flexibility index (Phi) is 3.14.